The molecule has 1 aromatic heterocycles. The minimum atomic E-state index is -0.00657. The number of fused-ring (bicyclic) bond motifs is 2. The first-order chi connectivity index (χ1) is 14.2. The Labute approximate surface area is 171 Å². The summed E-state index contributed by atoms with van der Waals surface area (Å²) < 4.78 is 5.62. The van der Waals surface area contributed by atoms with Crippen LogP contribution in [-0.4, -0.2) is 49.6 Å². The Bertz CT molecular complexity index is 1030. The highest BCUT2D eigenvalue weighted by Gasteiger charge is 2.32. The number of ether oxygens (including phenoxy) is 1. The van der Waals surface area contributed by atoms with Gasteiger partial charge in [-0.05, 0) is 36.8 Å². The van der Waals surface area contributed by atoms with Gasteiger partial charge in [0, 0.05) is 34.6 Å². The van der Waals surface area contributed by atoms with E-state index in [2.05, 4.69) is 30.1 Å². The smallest absolute Gasteiger partial charge is 0.221 e. The van der Waals surface area contributed by atoms with Gasteiger partial charge in [-0.2, -0.15) is 0 Å². The van der Waals surface area contributed by atoms with Crippen LogP contribution in [-0.2, 0) is 13.0 Å². The molecule has 0 saturated carbocycles. The van der Waals surface area contributed by atoms with Crippen LogP contribution in [0.2, 0.25) is 0 Å². The molecule has 3 heterocycles. The van der Waals surface area contributed by atoms with Gasteiger partial charge in [-0.25, -0.2) is 0 Å². The monoisotopic (exact) mass is 391 g/mol. The maximum atomic E-state index is 13.1. The first-order valence-electron chi connectivity index (χ1n) is 10.7. The van der Waals surface area contributed by atoms with E-state index in [4.69, 9.17) is 4.74 Å². The van der Waals surface area contributed by atoms with Crippen LogP contribution in [0.25, 0.3) is 10.9 Å². The van der Waals surface area contributed by atoms with Crippen LogP contribution in [0.3, 0.4) is 0 Å². The van der Waals surface area contributed by atoms with Crippen molar-refractivity contribution >= 4 is 16.7 Å². The maximum absolute atomic E-state index is 13.1. The number of aromatic amines is 1. The summed E-state index contributed by atoms with van der Waals surface area (Å²) in [6.45, 7) is 8.26. The highest BCUT2D eigenvalue weighted by Crippen LogP contribution is 2.25. The van der Waals surface area contributed by atoms with Gasteiger partial charge in [-0.15, -0.1) is 0 Å². The van der Waals surface area contributed by atoms with Crippen LogP contribution >= 0.6 is 0 Å². The van der Waals surface area contributed by atoms with Gasteiger partial charge >= 0.3 is 0 Å². The van der Waals surface area contributed by atoms with Crippen molar-refractivity contribution < 1.29 is 19.3 Å². The van der Waals surface area contributed by atoms with E-state index in [1.165, 1.54) is 16.0 Å². The Morgan fingerprint density at radius 2 is 1.97 bits per heavy atom. The van der Waals surface area contributed by atoms with E-state index < -0.39 is 0 Å². The zero-order valence-electron chi connectivity index (χ0n) is 17.0. The predicted octanol–water partition coefficient (Wildman–Crippen LogP) is 0.658. The first kappa shape index (κ1) is 18.4. The second kappa shape index (κ2) is 7.65. The average Bonchev–Trinajstić information content (AvgIpc) is 3.40. The van der Waals surface area contributed by atoms with Crippen molar-refractivity contribution in [1.29, 1.82) is 0 Å². The molecule has 0 radical (unpaired) electrons. The van der Waals surface area contributed by atoms with Crippen LogP contribution in [0.4, 0.5) is 0 Å². The van der Waals surface area contributed by atoms with Crippen molar-refractivity contribution in [3.05, 3.63) is 65.4 Å². The third-order valence-electron chi connectivity index (χ3n) is 6.67. The average molecular weight is 392 g/mol. The zero-order chi connectivity index (χ0) is 19.8. The fraction of sp³-hybridized carbons (Fsp3) is 0.375. The van der Waals surface area contributed by atoms with Crippen LogP contribution in [0.5, 0.6) is 5.75 Å². The molecule has 5 heteroatoms. The molecule has 1 atom stereocenters. The number of hydrogen-bond donors (Lipinski definition) is 3. The molecule has 5 nitrogen and oxygen atoms in total. The standard InChI is InChI=1S/C24H27N3O2/c1-17(24(28)21-15-25-22-5-3-2-4-20(21)22)27-11-9-26(10-12-27)16-18-6-7-23-19(14-18)8-13-29-23/h2-7,14-15,17,25H,8-13,16H2,1H3/p+2/t17-/m0/s1. The summed E-state index contributed by atoms with van der Waals surface area (Å²) in [5, 5.41) is 1.04. The SMILES string of the molecule is C[C@@H](C(=O)c1c[nH]c2ccccc12)[NH+]1CC[NH+](Cc2ccc3c(c2)CCO3)CC1. The van der Waals surface area contributed by atoms with E-state index in [9.17, 15) is 4.79 Å². The summed E-state index contributed by atoms with van der Waals surface area (Å²) in [5.41, 5.74) is 4.61. The molecule has 2 aliphatic heterocycles. The number of H-pyrrole nitrogens is 1. The van der Waals surface area contributed by atoms with Gasteiger partial charge in [0.2, 0.25) is 5.78 Å². The van der Waals surface area contributed by atoms with Gasteiger partial charge in [-0.3, -0.25) is 4.79 Å². The summed E-state index contributed by atoms with van der Waals surface area (Å²) in [7, 11) is 0. The molecule has 150 valence electrons. The largest absolute Gasteiger partial charge is 0.493 e. The van der Waals surface area contributed by atoms with Crippen molar-refractivity contribution in [2.45, 2.75) is 25.9 Å². The van der Waals surface area contributed by atoms with Crippen molar-refractivity contribution in [1.82, 2.24) is 4.98 Å². The first-order valence-corrected chi connectivity index (χ1v) is 10.7. The van der Waals surface area contributed by atoms with Crippen molar-refractivity contribution in [2.75, 3.05) is 32.8 Å². The lowest BCUT2D eigenvalue weighted by molar-refractivity contribution is -1.02. The lowest BCUT2D eigenvalue weighted by Crippen LogP contribution is -3.29. The summed E-state index contributed by atoms with van der Waals surface area (Å²) in [5.74, 6) is 1.31. The molecule has 0 bridgehead atoms. The van der Waals surface area contributed by atoms with Crippen LogP contribution in [0, 0.1) is 0 Å². The molecule has 0 aliphatic carbocycles. The van der Waals surface area contributed by atoms with E-state index in [0.29, 0.717) is 0 Å². The second-order valence-electron chi connectivity index (χ2n) is 8.46. The summed E-state index contributed by atoms with van der Waals surface area (Å²) in [6, 6.07) is 14.7. The normalized spacial score (nSPS) is 22.2. The molecule has 5 rings (SSSR count). The number of Topliss-reactive ketones (excluding diaryl/α,β-unsaturated/α-hetero) is 1. The molecular weight excluding hydrogens is 362 g/mol. The quantitative estimate of drug-likeness (QED) is 0.560. The zero-order valence-corrected chi connectivity index (χ0v) is 17.0. The van der Waals surface area contributed by atoms with Crippen LogP contribution < -0.4 is 14.5 Å². The predicted molar refractivity (Wildman–Crippen MR) is 113 cm³/mol. The minimum absolute atomic E-state index is 0.00657. The lowest BCUT2D eigenvalue weighted by atomic mass is 10.0. The summed E-state index contributed by atoms with van der Waals surface area (Å²) >= 11 is 0. The number of carbonyl (C=O) groups excluding carboxylic acids is 1. The van der Waals surface area contributed by atoms with E-state index in [1.807, 2.05) is 30.5 Å². The second-order valence-corrected chi connectivity index (χ2v) is 8.46. The van der Waals surface area contributed by atoms with Gasteiger partial charge in [0.15, 0.2) is 0 Å². The van der Waals surface area contributed by atoms with Gasteiger partial charge in [-0.1, -0.05) is 18.2 Å². The van der Waals surface area contributed by atoms with Crippen molar-refractivity contribution in [3.8, 4) is 5.75 Å². The number of piperazine rings is 1. The number of aromatic nitrogens is 1. The lowest BCUT2D eigenvalue weighted by Gasteiger charge is -2.32. The number of carbonyl (C=O) groups is 1. The van der Waals surface area contributed by atoms with Gasteiger partial charge in [0.25, 0.3) is 0 Å². The number of hydrogen-bond acceptors (Lipinski definition) is 2. The summed E-state index contributed by atoms with van der Waals surface area (Å²) in [6.07, 6.45) is 2.91. The van der Waals surface area contributed by atoms with Crippen LogP contribution in [0.1, 0.15) is 28.4 Å². The minimum Gasteiger partial charge on any atom is -0.493 e. The van der Waals surface area contributed by atoms with Crippen molar-refractivity contribution in [2.24, 2.45) is 0 Å². The highest BCUT2D eigenvalue weighted by molar-refractivity contribution is 6.09. The third kappa shape index (κ3) is 3.56. The van der Waals surface area contributed by atoms with E-state index >= 15 is 0 Å². The number of benzene rings is 2. The molecule has 0 amide bonds. The molecule has 1 fully saturated rings. The Morgan fingerprint density at radius 3 is 2.83 bits per heavy atom. The summed E-state index contributed by atoms with van der Waals surface area (Å²) in [4.78, 5) is 19.4. The maximum Gasteiger partial charge on any atom is 0.221 e. The number of rotatable bonds is 5. The topological polar surface area (TPSA) is 51.0 Å². The highest BCUT2D eigenvalue weighted by atomic mass is 16.5. The number of para-hydroxylation sites is 1. The Morgan fingerprint density at radius 1 is 1.14 bits per heavy atom. The number of nitrogens with one attached hydrogen (secondary N) is 3. The van der Waals surface area contributed by atoms with Gasteiger partial charge in [0.05, 0.1) is 6.61 Å². The molecule has 1 saturated heterocycles. The Balaban J connectivity index is 1.20. The van der Waals surface area contributed by atoms with E-state index in [-0.39, 0.29) is 11.8 Å². The molecule has 29 heavy (non-hydrogen) atoms. The Kier molecular flexibility index (Phi) is 4.86. The molecule has 2 aromatic carbocycles. The molecule has 3 aromatic rings. The van der Waals surface area contributed by atoms with Gasteiger partial charge < -0.3 is 19.5 Å². The molecule has 3 N–H and O–H groups in total. The van der Waals surface area contributed by atoms with E-state index in [0.717, 1.165) is 68.0 Å². The van der Waals surface area contributed by atoms with Gasteiger partial charge in [0.1, 0.15) is 44.5 Å². The fourth-order valence-corrected chi connectivity index (χ4v) is 4.87. The molecular formula is C24H29N3O2+2. The Hall–Kier alpha value is -2.63. The number of ketones is 1. The molecule has 0 spiro atoms. The molecule has 2 aliphatic rings. The van der Waals surface area contributed by atoms with E-state index in [1.54, 1.807) is 4.90 Å². The van der Waals surface area contributed by atoms with Crippen LogP contribution in [0.15, 0.2) is 48.7 Å². The fourth-order valence-electron chi connectivity index (χ4n) is 4.87. The van der Waals surface area contributed by atoms with Crippen molar-refractivity contribution in [3.63, 3.8) is 0 Å². The molecule has 0 unspecified atom stereocenters. The number of quaternary nitrogens is 2. The third-order valence-corrected chi connectivity index (χ3v) is 6.67.